The van der Waals surface area contributed by atoms with Crippen LogP contribution in [0.15, 0.2) is 67.0 Å². The number of aromatic nitrogens is 3. The van der Waals surface area contributed by atoms with Crippen LogP contribution in [0.3, 0.4) is 0 Å². The maximum absolute atomic E-state index is 13.6. The molecule has 5 nitrogen and oxygen atoms in total. The molecule has 0 atom stereocenters. The van der Waals surface area contributed by atoms with E-state index >= 15 is 0 Å². The first-order valence-corrected chi connectivity index (χ1v) is 10.8. The number of rotatable bonds is 6. The van der Waals surface area contributed by atoms with E-state index < -0.39 is 5.41 Å². The molecule has 2 heterocycles. The van der Waals surface area contributed by atoms with Crippen LogP contribution < -0.4 is 4.74 Å². The van der Waals surface area contributed by atoms with Gasteiger partial charge in [0.15, 0.2) is 5.82 Å². The molecule has 0 amide bonds. The van der Waals surface area contributed by atoms with E-state index in [0.717, 1.165) is 16.9 Å². The van der Waals surface area contributed by atoms with E-state index in [1.807, 2.05) is 22.8 Å². The summed E-state index contributed by atoms with van der Waals surface area (Å²) in [7, 11) is 0. The molecule has 166 valence electrons. The third-order valence-electron chi connectivity index (χ3n) is 5.42. The molecule has 0 aliphatic heterocycles. The lowest BCUT2D eigenvalue weighted by atomic mass is 9.81. The number of pyridine rings is 1. The lowest BCUT2D eigenvalue weighted by molar-refractivity contribution is 0.281. The first kappa shape index (κ1) is 22.8. The van der Waals surface area contributed by atoms with Crippen LogP contribution >= 0.6 is 23.2 Å². The molecule has 0 saturated heterocycles. The van der Waals surface area contributed by atoms with Gasteiger partial charge in [0.2, 0.25) is 5.88 Å². The molecule has 0 bridgehead atoms. The minimum atomic E-state index is -0.513. The summed E-state index contributed by atoms with van der Waals surface area (Å²) in [5.74, 6) is 0.646. The molecule has 0 N–H and O–H groups in total. The molecule has 2 aromatic heterocycles. The highest BCUT2D eigenvalue weighted by Gasteiger charge is 2.30. The largest absolute Gasteiger partial charge is 0.469 e. The van der Waals surface area contributed by atoms with Crippen molar-refractivity contribution in [2.75, 3.05) is 0 Å². The fraction of sp³-hybridized carbons (Fsp3) is 0.160. The third kappa shape index (κ3) is 4.70. The topological polar surface area (TPSA) is 63.7 Å². The van der Waals surface area contributed by atoms with Crippen molar-refractivity contribution in [2.45, 2.75) is 25.9 Å². The van der Waals surface area contributed by atoms with Crippen molar-refractivity contribution in [3.63, 3.8) is 0 Å². The summed E-state index contributed by atoms with van der Waals surface area (Å²) in [5.41, 5.74) is 2.48. The van der Waals surface area contributed by atoms with Gasteiger partial charge >= 0.3 is 0 Å². The van der Waals surface area contributed by atoms with Gasteiger partial charge in [-0.15, -0.1) is 0 Å². The maximum atomic E-state index is 13.6. The van der Waals surface area contributed by atoms with Gasteiger partial charge in [-0.1, -0.05) is 43.1 Å². The van der Waals surface area contributed by atoms with Crippen molar-refractivity contribution in [3.05, 3.63) is 105 Å². The molecule has 4 rings (SSSR count). The zero-order valence-electron chi connectivity index (χ0n) is 17.9. The number of halogens is 3. The number of ether oxygens (including phenoxy) is 1. The molecular formula is C25H19Cl2FN4O. The van der Waals surface area contributed by atoms with Crippen LogP contribution in [0.1, 0.15) is 36.5 Å². The van der Waals surface area contributed by atoms with Crippen LogP contribution in [0, 0.1) is 17.1 Å². The Labute approximate surface area is 201 Å². The second-order valence-electron chi connectivity index (χ2n) is 7.91. The summed E-state index contributed by atoms with van der Waals surface area (Å²) >= 11 is 12.4. The monoisotopic (exact) mass is 480 g/mol. The van der Waals surface area contributed by atoms with Crippen molar-refractivity contribution in [1.29, 1.82) is 5.26 Å². The Morgan fingerprint density at radius 1 is 1.00 bits per heavy atom. The van der Waals surface area contributed by atoms with Crippen molar-refractivity contribution in [1.82, 2.24) is 14.5 Å². The Hall–Kier alpha value is -3.40. The van der Waals surface area contributed by atoms with Gasteiger partial charge in [-0.05, 0) is 48.0 Å². The van der Waals surface area contributed by atoms with Gasteiger partial charge in [-0.3, -0.25) is 4.57 Å². The van der Waals surface area contributed by atoms with Crippen molar-refractivity contribution in [3.8, 4) is 17.6 Å². The fourth-order valence-corrected chi connectivity index (χ4v) is 3.81. The molecular weight excluding hydrogens is 462 g/mol. The van der Waals surface area contributed by atoms with Gasteiger partial charge < -0.3 is 4.74 Å². The minimum absolute atomic E-state index is 0.119. The van der Waals surface area contributed by atoms with E-state index in [-0.39, 0.29) is 12.4 Å². The van der Waals surface area contributed by atoms with Gasteiger partial charge in [-0.25, -0.2) is 14.4 Å². The minimum Gasteiger partial charge on any atom is -0.469 e. The lowest BCUT2D eigenvalue weighted by Gasteiger charge is -2.28. The fourth-order valence-electron chi connectivity index (χ4n) is 3.51. The molecule has 4 aromatic rings. The van der Waals surface area contributed by atoms with E-state index in [1.54, 1.807) is 36.5 Å². The molecule has 0 aliphatic carbocycles. The Balaban J connectivity index is 1.75. The Kier molecular flexibility index (Phi) is 6.37. The molecule has 0 spiro atoms. The number of hydrogen-bond donors (Lipinski definition) is 0. The number of hydrogen-bond acceptors (Lipinski definition) is 4. The highest BCUT2D eigenvalue weighted by atomic mass is 35.5. The molecule has 0 radical (unpaired) electrons. The van der Waals surface area contributed by atoms with Crippen LogP contribution in [-0.4, -0.2) is 14.5 Å². The quantitative estimate of drug-likeness (QED) is 0.316. The molecule has 0 aliphatic rings. The summed E-state index contributed by atoms with van der Waals surface area (Å²) in [6.45, 7) is 4.22. The second-order valence-corrected chi connectivity index (χ2v) is 8.73. The summed E-state index contributed by atoms with van der Waals surface area (Å²) in [6.07, 6.45) is 3.22. The maximum Gasteiger partial charge on any atom is 0.213 e. The Morgan fingerprint density at radius 3 is 2.39 bits per heavy atom. The van der Waals surface area contributed by atoms with Crippen LogP contribution in [-0.2, 0) is 12.0 Å². The Morgan fingerprint density at radius 2 is 1.76 bits per heavy atom. The van der Waals surface area contributed by atoms with Crippen LogP contribution in [0.25, 0.3) is 5.69 Å². The number of imidazole rings is 1. The standard InChI is InChI=1S/C25H19Cl2FN4O/c1-25(2,17-4-9-20(26)21(27)11-17)22-14-30-23(32(22)19-7-5-18(28)6-8-19)15-33-24-10-3-16(12-29)13-31-24/h3-11,13-14H,15H2,1-2H3. The van der Waals surface area contributed by atoms with Crippen LogP contribution in [0.4, 0.5) is 4.39 Å². The van der Waals surface area contributed by atoms with Crippen molar-refractivity contribution < 1.29 is 9.13 Å². The highest BCUT2D eigenvalue weighted by molar-refractivity contribution is 6.42. The predicted molar refractivity (Wildman–Crippen MR) is 125 cm³/mol. The zero-order valence-corrected chi connectivity index (χ0v) is 19.4. The molecule has 8 heteroatoms. The van der Waals surface area contributed by atoms with E-state index in [9.17, 15) is 4.39 Å². The Bertz CT molecular complexity index is 1330. The summed E-state index contributed by atoms with van der Waals surface area (Å²) < 4.78 is 21.4. The summed E-state index contributed by atoms with van der Waals surface area (Å²) in [6, 6.07) is 17.0. The average molecular weight is 481 g/mol. The number of benzene rings is 2. The first-order chi connectivity index (χ1) is 15.8. The number of nitriles is 1. The molecule has 0 fully saturated rings. The van der Waals surface area contributed by atoms with Gasteiger partial charge in [0.05, 0.1) is 21.3 Å². The van der Waals surface area contributed by atoms with Gasteiger partial charge in [0.1, 0.15) is 18.5 Å². The van der Waals surface area contributed by atoms with E-state index in [4.69, 9.17) is 33.2 Å². The molecule has 0 unspecified atom stereocenters. The summed E-state index contributed by atoms with van der Waals surface area (Å²) in [5, 5.41) is 9.88. The number of nitrogens with zero attached hydrogens (tertiary/aromatic N) is 4. The van der Waals surface area contributed by atoms with Gasteiger partial charge in [-0.2, -0.15) is 5.26 Å². The van der Waals surface area contributed by atoms with E-state index in [0.29, 0.717) is 27.3 Å². The average Bonchev–Trinajstić information content (AvgIpc) is 3.25. The SMILES string of the molecule is CC(C)(c1ccc(Cl)c(Cl)c1)c1cnc(COc2ccc(C#N)cn2)n1-c1ccc(F)cc1. The van der Waals surface area contributed by atoms with Crippen molar-refractivity contribution >= 4 is 23.2 Å². The lowest BCUT2D eigenvalue weighted by Crippen LogP contribution is -2.24. The highest BCUT2D eigenvalue weighted by Crippen LogP contribution is 2.36. The van der Waals surface area contributed by atoms with Gasteiger partial charge in [0, 0.05) is 29.6 Å². The normalized spacial score (nSPS) is 11.3. The third-order valence-corrected chi connectivity index (χ3v) is 6.15. The van der Waals surface area contributed by atoms with Crippen LogP contribution in [0.5, 0.6) is 5.88 Å². The first-order valence-electron chi connectivity index (χ1n) is 10.1. The van der Waals surface area contributed by atoms with Crippen molar-refractivity contribution in [2.24, 2.45) is 0 Å². The zero-order chi connectivity index (χ0) is 23.6. The second kappa shape index (κ2) is 9.22. The molecule has 33 heavy (non-hydrogen) atoms. The molecule has 0 saturated carbocycles. The molecule has 2 aromatic carbocycles. The van der Waals surface area contributed by atoms with E-state index in [2.05, 4.69) is 23.8 Å². The van der Waals surface area contributed by atoms with Gasteiger partial charge in [0.25, 0.3) is 0 Å². The van der Waals surface area contributed by atoms with E-state index in [1.165, 1.54) is 18.3 Å². The predicted octanol–water partition coefficient (Wildman–Crippen LogP) is 6.49. The smallest absolute Gasteiger partial charge is 0.213 e. The summed E-state index contributed by atoms with van der Waals surface area (Å²) in [4.78, 5) is 8.74. The van der Waals surface area contributed by atoms with Crippen LogP contribution in [0.2, 0.25) is 10.0 Å².